The smallest absolute Gasteiger partial charge is 0.358 e. The van der Waals surface area contributed by atoms with Crippen LogP contribution in [0.25, 0.3) is 0 Å². The van der Waals surface area contributed by atoms with Crippen LogP contribution in [0.2, 0.25) is 0 Å². The molecule has 0 spiro atoms. The highest BCUT2D eigenvalue weighted by atomic mass is 16.5. The minimum absolute atomic E-state index is 0.192. The number of nitrogens with zero attached hydrogens (tertiary/aromatic N) is 4. The van der Waals surface area contributed by atoms with Crippen LogP contribution >= 0.6 is 0 Å². The molecule has 1 aliphatic rings. The number of aromatic nitrogens is 3. The predicted octanol–water partition coefficient (Wildman–Crippen LogP) is 0.344. The van der Waals surface area contributed by atoms with Crippen molar-refractivity contribution >= 4 is 17.6 Å². The Bertz CT molecular complexity index is 712. The van der Waals surface area contributed by atoms with E-state index in [-0.39, 0.29) is 5.69 Å². The van der Waals surface area contributed by atoms with E-state index in [1.165, 1.54) is 18.1 Å². The van der Waals surface area contributed by atoms with Crippen molar-refractivity contribution in [2.24, 2.45) is 0 Å². The van der Waals surface area contributed by atoms with Gasteiger partial charge < -0.3 is 9.84 Å². The molecule has 1 N–H and O–H groups in total. The Hall–Kier alpha value is -2.90. The molecule has 0 amide bonds. The molecule has 8 nitrogen and oxygen atoms in total. The molecular weight excluding hydrogens is 276 g/mol. The zero-order valence-electron chi connectivity index (χ0n) is 11.1. The second-order valence-corrected chi connectivity index (χ2v) is 4.55. The van der Waals surface area contributed by atoms with Crippen molar-refractivity contribution in [2.75, 3.05) is 12.1 Å². The predicted molar refractivity (Wildman–Crippen MR) is 70.8 cm³/mol. The van der Waals surface area contributed by atoms with Crippen molar-refractivity contribution < 1.29 is 19.4 Å². The van der Waals surface area contributed by atoms with E-state index in [2.05, 4.69) is 10.3 Å². The molecule has 1 atom stereocenters. The van der Waals surface area contributed by atoms with E-state index in [0.29, 0.717) is 6.42 Å². The molecule has 2 aromatic rings. The van der Waals surface area contributed by atoms with Gasteiger partial charge in [-0.05, 0) is 16.8 Å². The van der Waals surface area contributed by atoms with E-state index in [1.807, 2.05) is 24.3 Å². The first-order valence-electron chi connectivity index (χ1n) is 6.22. The van der Waals surface area contributed by atoms with Gasteiger partial charge in [0.05, 0.1) is 19.0 Å². The van der Waals surface area contributed by atoms with Crippen LogP contribution in [0.1, 0.15) is 16.1 Å². The van der Waals surface area contributed by atoms with Gasteiger partial charge in [-0.25, -0.2) is 14.6 Å². The average molecular weight is 288 g/mol. The average Bonchev–Trinajstić information content (AvgIpc) is 3.10. The Morgan fingerprint density at radius 1 is 1.38 bits per heavy atom. The number of hydrogen-bond donors (Lipinski definition) is 1. The third kappa shape index (κ3) is 2.10. The van der Waals surface area contributed by atoms with Crippen LogP contribution in [-0.2, 0) is 16.0 Å². The summed E-state index contributed by atoms with van der Waals surface area (Å²) in [4.78, 5) is 24.1. The lowest BCUT2D eigenvalue weighted by atomic mass is 10.1. The molecule has 0 bridgehead atoms. The lowest BCUT2D eigenvalue weighted by Crippen LogP contribution is -2.43. The number of ether oxygens (including phenoxy) is 1. The van der Waals surface area contributed by atoms with Crippen LogP contribution in [-0.4, -0.2) is 45.3 Å². The van der Waals surface area contributed by atoms with Crippen molar-refractivity contribution in [1.29, 1.82) is 0 Å². The quantitative estimate of drug-likeness (QED) is 0.813. The molecule has 1 aromatic heterocycles. The highest BCUT2D eigenvalue weighted by molar-refractivity contribution is 5.85. The van der Waals surface area contributed by atoms with Gasteiger partial charge in [0.15, 0.2) is 11.7 Å². The van der Waals surface area contributed by atoms with E-state index in [1.54, 1.807) is 5.01 Å². The molecule has 0 fully saturated rings. The second-order valence-electron chi connectivity index (χ2n) is 4.55. The number of carbonyl (C=O) groups is 2. The fourth-order valence-corrected chi connectivity index (χ4v) is 2.40. The van der Waals surface area contributed by atoms with Crippen molar-refractivity contribution in [3.05, 3.63) is 41.7 Å². The van der Waals surface area contributed by atoms with Crippen LogP contribution in [0.4, 0.5) is 5.69 Å². The SMILES string of the molecule is COC(=O)C1Cc2ccccc2N1n1cc(C(=O)O)nn1. The molecule has 1 unspecified atom stereocenters. The Morgan fingerprint density at radius 2 is 2.14 bits per heavy atom. The molecule has 1 aliphatic heterocycles. The number of aromatic carboxylic acids is 1. The lowest BCUT2D eigenvalue weighted by Gasteiger charge is -2.24. The van der Waals surface area contributed by atoms with Gasteiger partial charge in [0.25, 0.3) is 0 Å². The Kier molecular flexibility index (Phi) is 3.05. The highest BCUT2D eigenvalue weighted by Gasteiger charge is 2.37. The van der Waals surface area contributed by atoms with E-state index in [4.69, 9.17) is 9.84 Å². The van der Waals surface area contributed by atoms with Gasteiger partial charge in [0, 0.05) is 6.42 Å². The number of anilines is 1. The number of rotatable bonds is 3. The Labute approximate surface area is 119 Å². The maximum atomic E-state index is 12.0. The van der Waals surface area contributed by atoms with E-state index in [0.717, 1.165) is 11.3 Å². The number of methoxy groups -OCH3 is 1. The van der Waals surface area contributed by atoms with Gasteiger partial charge in [-0.3, -0.25) is 0 Å². The minimum atomic E-state index is -1.18. The minimum Gasteiger partial charge on any atom is -0.476 e. The summed E-state index contributed by atoms with van der Waals surface area (Å²) in [5, 5.41) is 17.9. The molecule has 3 rings (SSSR count). The molecule has 108 valence electrons. The maximum Gasteiger partial charge on any atom is 0.358 e. The highest BCUT2D eigenvalue weighted by Crippen LogP contribution is 2.32. The topological polar surface area (TPSA) is 97.5 Å². The molecule has 0 aliphatic carbocycles. The zero-order chi connectivity index (χ0) is 15.0. The Balaban J connectivity index is 2.06. The van der Waals surface area contributed by atoms with Crippen LogP contribution in [0.3, 0.4) is 0 Å². The molecule has 8 heteroatoms. The summed E-state index contributed by atoms with van der Waals surface area (Å²) in [6.07, 6.45) is 1.73. The van der Waals surface area contributed by atoms with Gasteiger partial charge in [-0.1, -0.05) is 18.2 Å². The molecule has 0 saturated heterocycles. The summed E-state index contributed by atoms with van der Waals surface area (Å²) in [6, 6.07) is 6.85. The van der Waals surface area contributed by atoms with Crippen LogP contribution < -0.4 is 5.01 Å². The standard InChI is InChI=1S/C13H12N4O4/c1-21-13(20)11-6-8-4-2-3-5-10(8)17(11)16-7-9(12(18)19)14-15-16/h2-5,7,11H,6H2,1H3,(H,18,19). The van der Waals surface area contributed by atoms with Crippen LogP contribution in [0, 0.1) is 0 Å². The van der Waals surface area contributed by atoms with Crippen LogP contribution in [0.15, 0.2) is 30.5 Å². The monoisotopic (exact) mass is 288 g/mol. The number of benzene rings is 1. The van der Waals surface area contributed by atoms with Crippen molar-refractivity contribution in [1.82, 2.24) is 15.1 Å². The fraction of sp³-hybridized carbons (Fsp3) is 0.231. The van der Waals surface area contributed by atoms with Crippen molar-refractivity contribution in [3.63, 3.8) is 0 Å². The summed E-state index contributed by atoms with van der Waals surface area (Å²) in [5.74, 6) is -1.60. The van der Waals surface area contributed by atoms with E-state index in [9.17, 15) is 9.59 Å². The molecule has 0 saturated carbocycles. The number of hydrogen-bond acceptors (Lipinski definition) is 6. The lowest BCUT2D eigenvalue weighted by molar-refractivity contribution is -0.142. The number of carboxylic acid groups (broad SMARTS) is 1. The largest absolute Gasteiger partial charge is 0.476 e. The van der Waals surface area contributed by atoms with Gasteiger partial charge in [-0.2, -0.15) is 4.79 Å². The number of para-hydroxylation sites is 1. The second kappa shape index (κ2) is 4.89. The summed E-state index contributed by atoms with van der Waals surface area (Å²) in [6.45, 7) is 0. The summed E-state index contributed by atoms with van der Waals surface area (Å²) >= 11 is 0. The zero-order valence-corrected chi connectivity index (χ0v) is 11.1. The first-order valence-corrected chi connectivity index (χ1v) is 6.22. The molecule has 0 radical (unpaired) electrons. The summed E-state index contributed by atoms with van der Waals surface area (Å²) in [5.41, 5.74) is 1.54. The Morgan fingerprint density at radius 3 is 2.81 bits per heavy atom. The number of carboxylic acids is 1. The maximum absolute atomic E-state index is 12.0. The first kappa shape index (κ1) is 13.1. The van der Waals surface area contributed by atoms with Crippen LogP contribution in [0.5, 0.6) is 0 Å². The van der Waals surface area contributed by atoms with Gasteiger partial charge in [-0.15, -0.1) is 5.10 Å². The summed E-state index contributed by atoms with van der Waals surface area (Å²) in [7, 11) is 1.31. The van der Waals surface area contributed by atoms with Crippen molar-refractivity contribution in [3.8, 4) is 0 Å². The third-order valence-electron chi connectivity index (χ3n) is 3.34. The van der Waals surface area contributed by atoms with Gasteiger partial charge in [0.2, 0.25) is 0 Å². The summed E-state index contributed by atoms with van der Waals surface area (Å²) < 4.78 is 4.81. The van der Waals surface area contributed by atoms with E-state index >= 15 is 0 Å². The molecular formula is C13H12N4O4. The fourth-order valence-electron chi connectivity index (χ4n) is 2.40. The number of carbonyl (C=O) groups excluding carboxylic acids is 1. The normalized spacial score (nSPS) is 16.6. The molecule has 2 heterocycles. The van der Waals surface area contributed by atoms with Gasteiger partial charge >= 0.3 is 11.9 Å². The third-order valence-corrected chi connectivity index (χ3v) is 3.34. The molecule has 21 heavy (non-hydrogen) atoms. The first-order chi connectivity index (χ1) is 10.1. The van der Waals surface area contributed by atoms with Gasteiger partial charge in [0.1, 0.15) is 0 Å². The number of esters is 1. The van der Waals surface area contributed by atoms with Crippen molar-refractivity contribution in [2.45, 2.75) is 12.5 Å². The number of fused-ring (bicyclic) bond motifs is 1. The molecule has 1 aromatic carbocycles. The van der Waals surface area contributed by atoms with E-state index < -0.39 is 18.0 Å².